The number of unbranched alkanes of at least 4 members (excludes halogenated alkanes) is 3. The molecule has 0 aliphatic heterocycles. The van der Waals surface area contributed by atoms with Gasteiger partial charge in [0.15, 0.2) is 0 Å². The average Bonchev–Trinajstić information content (AvgIpc) is 2.86. The number of hydrogen-bond acceptors (Lipinski definition) is 5. The highest BCUT2D eigenvalue weighted by Crippen LogP contribution is 2.24. The number of rotatable bonds is 12. The molecule has 178 valence electrons. The second kappa shape index (κ2) is 13.2. The minimum atomic E-state index is -0.499. The van der Waals surface area contributed by atoms with Gasteiger partial charge in [-0.1, -0.05) is 45.2 Å². The van der Waals surface area contributed by atoms with Gasteiger partial charge in [-0.05, 0) is 73.4 Å². The summed E-state index contributed by atoms with van der Waals surface area (Å²) in [4.78, 5) is 16.9. The lowest BCUT2D eigenvalue weighted by atomic mass is 10.1. The van der Waals surface area contributed by atoms with E-state index in [1.165, 1.54) is 24.5 Å². The van der Waals surface area contributed by atoms with E-state index in [1.54, 1.807) is 42.6 Å². The smallest absolute Gasteiger partial charge is 0.343 e. The number of phenols is 1. The summed E-state index contributed by atoms with van der Waals surface area (Å²) in [6.07, 6.45) is 8.30. The van der Waals surface area contributed by atoms with Crippen molar-refractivity contribution in [1.82, 2.24) is 0 Å². The Bertz CT molecular complexity index is 1070. The maximum atomic E-state index is 12.5. The molecule has 0 fully saturated rings. The molecule has 3 aromatic carbocycles. The molecule has 0 radical (unpaired) electrons. The van der Waals surface area contributed by atoms with Gasteiger partial charge in [0, 0.05) is 17.8 Å². The second-order valence-corrected chi connectivity index (χ2v) is 8.22. The van der Waals surface area contributed by atoms with Gasteiger partial charge in [0.25, 0.3) is 0 Å². The number of ether oxygens (including phenoxy) is 2. The predicted molar refractivity (Wildman–Crippen MR) is 137 cm³/mol. The molecule has 0 unspecified atom stereocenters. The fourth-order valence-electron chi connectivity index (χ4n) is 3.37. The minimum absolute atomic E-state index is 0.00977. The number of aliphatic imine (C=N–C) groups is 1. The normalized spacial score (nSPS) is 11.0. The molecule has 3 rings (SSSR count). The minimum Gasteiger partial charge on any atom is -0.507 e. The zero-order valence-electron chi connectivity index (χ0n) is 20.0. The maximum Gasteiger partial charge on any atom is 0.343 e. The van der Waals surface area contributed by atoms with Gasteiger partial charge in [-0.15, -0.1) is 0 Å². The quantitative estimate of drug-likeness (QED) is 0.134. The highest BCUT2D eigenvalue weighted by atomic mass is 16.5. The highest BCUT2D eigenvalue weighted by Gasteiger charge is 2.10. The molecule has 5 nitrogen and oxygen atoms in total. The van der Waals surface area contributed by atoms with Crippen LogP contribution < -0.4 is 9.47 Å². The van der Waals surface area contributed by atoms with Crippen LogP contribution in [0.3, 0.4) is 0 Å². The van der Waals surface area contributed by atoms with Crippen molar-refractivity contribution in [2.24, 2.45) is 4.99 Å². The zero-order chi connectivity index (χ0) is 24.2. The molecule has 3 aromatic rings. The van der Waals surface area contributed by atoms with Crippen LogP contribution in [0.15, 0.2) is 71.7 Å². The fourth-order valence-corrected chi connectivity index (χ4v) is 3.37. The van der Waals surface area contributed by atoms with Crippen molar-refractivity contribution < 1.29 is 19.4 Å². The van der Waals surface area contributed by atoms with E-state index in [-0.39, 0.29) is 11.5 Å². The van der Waals surface area contributed by atoms with Crippen LogP contribution in [0.4, 0.5) is 5.69 Å². The lowest BCUT2D eigenvalue weighted by molar-refractivity contribution is 0.0734. The Morgan fingerprint density at radius 1 is 0.882 bits per heavy atom. The number of hydrogen-bond donors (Lipinski definition) is 1. The van der Waals surface area contributed by atoms with Crippen molar-refractivity contribution in [2.75, 3.05) is 6.61 Å². The Kier molecular flexibility index (Phi) is 9.71. The summed E-state index contributed by atoms with van der Waals surface area (Å²) in [6.45, 7) is 4.99. The van der Waals surface area contributed by atoms with Gasteiger partial charge in [0.1, 0.15) is 17.2 Å². The van der Waals surface area contributed by atoms with E-state index in [0.29, 0.717) is 17.7 Å². The summed E-state index contributed by atoms with van der Waals surface area (Å²) in [6, 6.07) is 19.7. The molecule has 34 heavy (non-hydrogen) atoms. The molecule has 0 aliphatic carbocycles. The SMILES string of the molecule is CCCCCOc1ccc(C(=O)Oc2ccc(C=Nc3ccc(CCCC)cc3)c(O)c2)cc1. The number of benzene rings is 3. The van der Waals surface area contributed by atoms with Crippen LogP contribution >= 0.6 is 0 Å². The first-order chi connectivity index (χ1) is 16.6. The summed E-state index contributed by atoms with van der Waals surface area (Å²) < 4.78 is 11.1. The Morgan fingerprint density at radius 3 is 2.26 bits per heavy atom. The van der Waals surface area contributed by atoms with E-state index >= 15 is 0 Å². The molecule has 0 aliphatic rings. The number of phenolic OH excluding ortho intramolecular Hbond substituents is 1. The van der Waals surface area contributed by atoms with Gasteiger partial charge < -0.3 is 14.6 Å². The van der Waals surface area contributed by atoms with Gasteiger partial charge >= 0.3 is 5.97 Å². The molecule has 0 atom stereocenters. The van der Waals surface area contributed by atoms with E-state index in [0.717, 1.165) is 37.1 Å². The average molecular weight is 460 g/mol. The number of nitrogens with zero attached hydrogens (tertiary/aromatic N) is 1. The monoisotopic (exact) mass is 459 g/mol. The lowest BCUT2D eigenvalue weighted by Gasteiger charge is -2.08. The van der Waals surface area contributed by atoms with Gasteiger partial charge in [0.05, 0.1) is 17.9 Å². The maximum absolute atomic E-state index is 12.5. The Morgan fingerprint density at radius 2 is 1.59 bits per heavy atom. The van der Waals surface area contributed by atoms with Crippen LogP contribution in [-0.2, 0) is 6.42 Å². The van der Waals surface area contributed by atoms with Crippen LogP contribution in [0.25, 0.3) is 0 Å². The number of carbonyl (C=O) groups is 1. The number of esters is 1. The molecule has 0 heterocycles. The fraction of sp³-hybridized carbons (Fsp3) is 0.310. The van der Waals surface area contributed by atoms with E-state index in [1.807, 2.05) is 12.1 Å². The lowest BCUT2D eigenvalue weighted by Crippen LogP contribution is -2.08. The second-order valence-electron chi connectivity index (χ2n) is 8.22. The Hall–Kier alpha value is -3.60. The number of aromatic hydroxyl groups is 1. The summed E-state index contributed by atoms with van der Waals surface area (Å²) in [5, 5.41) is 10.4. The third kappa shape index (κ3) is 7.77. The van der Waals surface area contributed by atoms with Crippen LogP contribution in [0, 0.1) is 0 Å². The standard InChI is InChI=1S/C29H33NO4/c1-3-5-7-19-33-26-16-11-23(12-17-26)29(32)34-27-18-13-24(28(31)20-27)21-30-25-14-9-22(10-15-25)8-6-4-2/h9-18,20-21,31H,3-8,19H2,1-2H3. The molecule has 0 amide bonds. The number of carbonyl (C=O) groups excluding carboxylic acids is 1. The summed E-state index contributed by atoms with van der Waals surface area (Å²) in [5.74, 6) is 0.482. The van der Waals surface area contributed by atoms with Gasteiger partial charge in [-0.25, -0.2) is 4.79 Å². The third-order valence-corrected chi connectivity index (χ3v) is 5.43. The molecule has 0 aromatic heterocycles. The predicted octanol–water partition coefficient (Wildman–Crippen LogP) is 7.27. The molecule has 0 spiro atoms. The van der Waals surface area contributed by atoms with Crippen LogP contribution in [0.5, 0.6) is 17.2 Å². The molecule has 0 saturated heterocycles. The summed E-state index contributed by atoms with van der Waals surface area (Å²) >= 11 is 0. The first-order valence-corrected chi connectivity index (χ1v) is 12.0. The van der Waals surface area contributed by atoms with Gasteiger partial charge in [0.2, 0.25) is 0 Å². The van der Waals surface area contributed by atoms with Crippen LogP contribution in [0.1, 0.15) is 67.4 Å². The first kappa shape index (κ1) is 25.0. The van der Waals surface area contributed by atoms with E-state index in [9.17, 15) is 9.90 Å². The number of aryl methyl sites for hydroxylation is 1. The highest BCUT2D eigenvalue weighted by molar-refractivity contribution is 5.91. The zero-order valence-corrected chi connectivity index (χ0v) is 20.0. The Balaban J connectivity index is 1.56. The van der Waals surface area contributed by atoms with Crippen molar-refractivity contribution >= 4 is 17.9 Å². The summed E-state index contributed by atoms with van der Waals surface area (Å²) in [7, 11) is 0. The topological polar surface area (TPSA) is 68.1 Å². The van der Waals surface area contributed by atoms with Crippen molar-refractivity contribution in [2.45, 2.75) is 52.4 Å². The van der Waals surface area contributed by atoms with Crippen molar-refractivity contribution in [3.63, 3.8) is 0 Å². The Labute approximate surface area is 202 Å². The van der Waals surface area contributed by atoms with Crippen molar-refractivity contribution in [1.29, 1.82) is 0 Å². The molecular weight excluding hydrogens is 426 g/mol. The first-order valence-electron chi connectivity index (χ1n) is 12.0. The molecule has 1 N–H and O–H groups in total. The molecular formula is C29H33NO4. The summed E-state index contributed by atoms with van der Waals surface area (Å²) in [5.41, 5.74) is 3.06. The third-order valence-electron chi connectivity index (χ3n) is 5.43. The van der Waals surface area contributed by atoms with E-state index in [2.05, 4.69) is 31.0 Å². The van der Waals surface area contributed by atoms with Crippen LogP contribution in [0.2, 0.25) is 0 Å². The van der Waals surface area contributed by atoms with Crippen LogP contribution in [-0.4, -0.2) is 23.9 Å². The van der Waals surface area contributed by atoms with Gasteiger partial charge in [-0.3, -0.25) is 4.99 Å². The van der Waals surface area contributed by atoms with Crippen molar-refractivity contribution in [3.05, 3.63) is 83.4 Å². The molecule has 0 bridgehead atoms. The van der Waals surface area contributed by atoms with Gasteiger partial charge in [-0.2, -0.15) is 0 Å². The van der Waals surface area contributed by atoms with Crippen molar-refractivity contribution in [3.8, 4) is 17.2 Å². The molecule has 5 heteroatoms. The molecule has 0 saturated carbocycles. The largest absolute Gasteiger partial charge is 0.507 e. The van der Waals surface area contributed by atoms with E-state index < -0.39 is 5.97 Å². The van der Waals surface area contributed by atoms with E-state index in [4.69, 9.17) is 9.47 Å².